The molecule has 0 bridgehead atoms. The molecule has 0 heterocycles. The van der Waals surface area contributed by atoms with Gasteiger partial charge in [-0.15, -0.1) is 0 Å². The highest BCUT2D eigenvalue weighted by Crippen LogP contribution is 2.54. The van der Waals surface area contributed by atoms with Crippen molar-refractivity contribution in [1.82, 2.24) is 0 Å². The molecule has 2 rings (SSSR count). The van der Waals surface area contributed by atoms with Gasteiger partial charge in [-0.3, -0.25) is 4.79 Å². The Morgan fingerprint density at radius 3 is 2.33 bits per heavy atom. The van der Waals surface area contributed by atoms with E-state index in [0.29, 0.717) is 5.92 Å². The SMILES string of the molecule is Cc1cc(C=O)c2c(c1)C(C)(C)CC2(C)C(C)C. The van der Waals surface area contributed by atoms with Crippen molar-refractivity contribution in [2.24, 2.45) is 5.92 Å². The fourth-order valence-corrected chi connectivity index (χ4v) is 3.67. The van der Waals surface area contributed by atoms with Crippen LogP contribution in [0.3, 0.4) is 0 Å². The van der Waals surface area contributed by atoms with E-state index in [9.17, 15) is 4.79 Å². The molecule has 1 atom stereocenters. The van der Waals surface area contributed by atoms with Crippen molar-refractivity contribution in [3.8, 4) is 0 Å². The summed E-state index contributed by atoms with van der Waals surface area (Å²) < 4.78 is 0. The van der Waals surface area contributed by atoms with Crippen LogP contribution in [-0.4, -0.2) is 6.29 Å². The Balaban J connectivity index is 2.80. The number of fused-ring (bicyclic) bond motifs is 1. The summed E-state index contributed by atoms with van der Waals surface area (Å²) in [6.07, 6.45) is 2.16. The number of aldehydes is 1. The molecule has 0 aromatic heterocycles. The summed E-state index contributed by atoms with van der Waals surface area (Å²) in [4.78, 5) is 11.4. The minimum atomic E-state index is 0.114. The molecule has 1 aromatic rings. The molecule has 0 spiro atoms. The van der Waals surface area contributed by atoms with E-state index >= 15 is 0 Å². The number of hydrogen-bond donors (Lipinski definition) is 0. The van der Waals surface area contributed by atoms with Crippen molar-refractivity contribution in [2.45, 2.75) is 58.8 Å². The fraction of sp³-hybridized carbons (Fsp3) is 0.588. The average Bonchev–Trinajstić information content (AvgIpc) is 2.46. The zero-order valence-corrected chi connectivity index (χ0v) is 12.4. The fourth-order valence-electron chi connectivity index (χ4n) is 3.67. The lowest BCUT2D eigenvalue weighted by Gasteiger charge is -2.32. The standard InChI is InChI=1S/C17H24O/c1-11(2)17(6)10-16(4,5)14-8-12(3)7-13(9-18)15(14)17/h7-9,11H,10H2,1-6H3. The van der Waals surface area contributed by atoms with Crippen LogP contribution in [0.25, 0.3) is 0 Å². The number of aryl methyl sites for hydroxylation is 1. The second-order valence-electron chi connectivity index (χ2n) is 7.03. The van der Waals surface area contributed by atoms with Crippen LogP contribution in [0.2, 0.25) is 0 Å². The molecule has 1 aromatic carbocycles. The predicted molar refractivity (Wildman–Crippen MR) is 76.4 cm³/mol. The van der Waals surface area contributed by atoms with E-state index in [4.69, 9.17) is 0 Å². The third-order valence-corrected chi connectivity index (χ3v) is 4.82. The van der Waals surface area contributed by atoms with Crippen molar-refractivity contribution in [3.63, 3.8) is 0 Å². The van der Waals surface area contributed by atoms with E-state index in [1.54, 1.807) is 0 Å². The van der Waals surface area contributed by atoms with Gasteiger partial charge in [-0.05, 0) is 47.3 Å². The summed E-state index contributed by atoms with van der Waals surface area (Å²) in [6.45, 7) is 13.5. The van der Waals surface area contributed by atoms with E-state index in [1.165, 1.54) is 16.7 Å². The van der Waals surface area contributed by atoms with Gasteiger partial charge in [-0.25, -0.2) is 0 Å². The summed E-state index contributed by atoms with van der Waals surface area (Å²) in [5, 5.41) is 0. The van der Waals surface area contributed by atoms with Gasteiger partial charge >= 0.3 is 0 Å². The summed E-state index contributed by atoms with van der Waals surface area (Å²) in [5.74, 6) is 0.541. The zero-order chi connectivity index (χ0) is 13.7. The largest absolute Gasteiger partial charge is 0.298 e. The maximum Gasteiger partial charge on any atom is 0.150 e. The van der Waals surface area contributed by atoms with E-state index in [1.807, 2.05) is 6.07 Å². The Hall–Kier alpha value is -1.11. The van der Waals surface area contributed by atoms with E-state index < -0.39 is 0 Å². The molecule has 0 amide bonds. The van der Waals surface area contributed by atoms with Gasteiger partial charge in [0.15, 0.2) is 0 Å². The summed E-state index contributed by atoms with van der Waals surface area (Å²) in [5.41, 5.74) is 5.04. The molecule has 0 N–H and O–H groups in total. The number of hydrogen-bond acceptors (Lipinski definition) is 1. The van der Waals surface area contributed by atoms with Crippen LogP contribution in [0.1, 0.15) is 68.1 Å². The Morgan fingerprint density at radius 1 is 1.22 bits per heavy atom. The molecule has 1 aliphatic rings. The molecular weight excluding hydrogens is 220 g/mol. The van der Waals surface area contributed by atoms with Gasteiger partial charge in [0.2, 0.25) is 0 Å². The lowest BCUT2D eigenvalue weighted by atomic mass is 9.71. The molecule has 1 heteroatoms. The van der Waals surface area contributed by atoms with Gasteiger partial charge < -0.3 is 0 Å². The minimum Gasteiger partial charge on any atom is -0.298 e. The molecule has 0 saturated heterocycles. The van der Waals surface area contributed by atoms with E-state index in [0.717, 1.165) is 18.3 Å². The second-order valence-corrected chi connectivity index (χ2v) is 7.03. The first kappa shape index (κ1) is 13.3. The highest BCUT2D eigenvalue weighted by Gasteiger charge is 2.47. The Labute approximate surface area is 111 Å². The van der Waals surface area contributed by atoms with Crippen molar-refractivity contribution < 1.29 is 4.79 Å². The van der Waals surface area contributed by atoms with Crippen LogP contribution in [0, 0.1) is 12.8 Å². The van der Waals surface area contributed by atoms with Gasteiger partial charge in [0.05, 0.1) is 0 Å². The van der Waals surface area contributed by atoms with Gasteiger partial charge in [0.25, 0.3) is 0 Å². The first-order chi connectivity index (χ1) is 8.22. The minimum absolute atomic E-state index is 0.114. The number of benzene rings is 1. The molecule has 1 nitrogen and oxygen atoms in total. The van der Waals surface area contributed by atoms with Gasteiger partial charge in [-0.2, -0.15) is 0 Å². The van der Waals surface area contributed by atoms with Gasteiger partial charge in [0, 0.05) is 5.56 Å². The molecular formula is C17H24O. The second kappa shape index (κ2) is 3.94. The first-order valence-electron chi connectivity index (χ1n) is 6.83. The smallest absolute Gasteiger partial charge is 0.150 e. The van der Waals surface area contributed by atoms with Gasteiger partial charge in [0.1, 0.15) is 6.29 Å². The third kappa shape index (κ3) is 1.72. The van der Waals surface area contributed by atoms with Crippen molar-refractivity contribution in [2.75, 3.05) is 0 Å². The monoisotopic (exact) mass is 244 g/mol. The summed E-state index contributed by atoms with van der Waals surface area (Å²) >= 11 is 0. The van der Waals surface area contributed by atoms with Crippen molar-refractivity contribution >= 4 is 6.29 Å². The molecule has 1 aliphatic carbocycles. The molecule has 18 heavy (non-hydrogen) atoms. The Morgan fingerprint density at radius 2 is 1.83 bits per heavy atom. The third-order valence-electron chi connectivity index (χ3n) is 4.82. The topological polar surface area (TPSA) is 17.1 Å². The highest BCUT2D eigenvalue weighted by atomic mass is 16.1. The molecule has 0 aliphatic heterocycles. The van der Waals surface area contributed by atoms with Crippen LogP contribution in [0.5, 0.6) is 0 Å². The van der Waals surface area contributed by atoms with Crippen LogP contribution in [0.4, 0.5) is 0 Å². The number of carbonyl (C=O) groups is 1. The van der Waals surface area contributed by atoms with E-state index in [-0.39, 0.29) is 10.8 Å². The van der Waals surface area contributed by atoms with Crippen molar-refractivity contribution in [1.29, 1.82) is 0 Å². The van der Waals surface area contributed by atoms with Crippen molar-refractivity contribution in [3.05, 3.63) is 34.4 Å². The van der Waals surface area contributed by atoms with Crippen LogP contribution < -0.4 is 0 Å². The molecule has 98 valence electrons. The Kier molecular flexibility index (Phi) is 2.92. The quantitative estimate of drug-likeness (QED) is 0.705. The van der Waals surface area contributed by atoms with Crippen LogP contribution >= 0.6 is 0 Å². The lowest BCUT2D eigenvalue weighted by molar-refractivity contribution is 0.112. The van der Waals surface area contributed by atoms with Crippen LogP contribution in [0.15, 0.2) is 12.1 Å². The molecule has 0 fully saturated rings. The predicted octanol–water partition coefficient (Wildman–Crippen LogP) is 4.40. The summed E-state index contributed by atoms with van der Waals surface area (Å²) in [7, 11) is 0. The average molecular weight is 244 g/mol. The number of carbonyl (C=O) groups excluding carboxylic acids is 1. The molecule has 0 radical (unpaired) electrons. The zero-order valence-electron chi connectivity index (χ0n) is 12.4. The number of rotatable bonds is 2. The highest BCUT2D eigenvalue weighted by molar-refractivity contribution is 5.80. The van der Waals surface area contributed by atoms with Crippen LogP contribution in [-0.2, 0) is 10.8 Å². The molecule has 0 saturated carbocycles. The summed E-state index contributed by atoms with van der Waals surface area (Å²) in [6, 6.07) is 4.31. The Bertz CT molecular complexity index is 497. The normalized spacial score (nSPS) is 25.3. The molecule has 1 unspecified atom stereocenters. The maximum atomic E-state index is 11.4. The maximum absolute atomic E-state index is 11.4. The first-order valence-corrected chi connectivity index (χ1v) is 6.83. The van der Waals surface area contributed by atoms with Gasteiger partial charge in [-0.1, -0.05) is 46.2 Å². The van der Waals surface area contributed by atoms with E-state index in [2.05, 4.69) is 47.6 Å². The lowest BCUT2D eigenvalue weighted by Crippen LogP contribution is -2.28.